The molecule has 2 rings (SSSR count). The van der Waals surface area contributed by atoms with Crippen molar-refractivity contribution in [3.8, 4) is 0 Å². The topological polar surface area (TPSA) is 43.4 Å². The van der Waals surface area contributed by atoms with Gasteiger partial charge in [-0.1, -0.05) is 43.0 Å². The number of nitrogens with zero attached hydrogens (tertiary/aromatic N) is 1. The average molecular weight is 310 g/mol. The van der Waals surface area contributed by atoms with Gasteiger partial charge in [0.2, 0.25) is 6.61 Å². The SMILES string of the molecule is C=CC[N+](C(=O)COC(C)=O)(c1ccccc1)c1ccccc1. The van der Waals surface area contributed by atoms with E-state index in [-0.39, 0.29) is 17.0 Å². The highest BCUT2D eigenvalue weighted by Crippen LogP contribution is 2.35. The van der Waals surface area contributed by atoms with Gasteiger partial charge in [0.25, 0.3) is 0 Å². The lowest BCUT2D eigenvalue weighted by Crippen LogP contribution is -2.51. The fraction of sp³-hybridized carbons (Fsp3) is 0.158. The molecule has 0 aliphatic heterocycles. The second-order valence-electron chi connectivity index (χ2n) is 5.13. The molecule has 2 aromatic rings. The molecular formula is C19H20NO3+. The maximum atomic E-state index is 13.0. The Balaban J connectivity index is 2.58. The normalized spacial score (nSPS) is 10.8. The number of quaternary nitrogens is 1. The van der Waals surface area contributed by atoms with Gasteiger partial charge in [0.15, 0.2) is 0 Å². The van der Waals surface area contributed by atoms with Crippen molar-refractivity contribution in [1.82, 2.24) is 4.48 Å². The largest absolute Gasteiger partial charge is 0.451 e. The van der Waals surface area contributed by atoms with Crippen LogP contribution in [0.2, 0.25) is 0 Å². The Morgan fingerprint density at radius 2 is 1.48 bits per heavy atom. The van der Waals surface area contributed by atoms with E-state index in [1.54, 1.807) is 6.08 Å². The first-order valence-corrected chi connectivity index (χ1v) is 7.38. The summed E-state index contributed by atoms with van der Waals surface area (Å²) in [4.78, 5) is 24.1. The Labute approximate surface area is 136 Å². The standard InChI is InChI=1S/C19H20NO3/c1-3-14-20(17-10-6-4-7-11-17,18-12-8-5-9-13-18)19(22)15-23-16(2)21/h3-13H,1,14-15H2,2H3/q+1. The summed E-state index contributed by atoms with van der Waals surface area (Å²) in [5.74, 6) is -0.700. The first-order chi connectivity index (χ1) is 11.1. The number of para-hydroxylation sites is 2. The maximum absolute atomic E-state index is 13.0. The summed E-state index contributed by atoms with van der Waals surface area (Å²) in [6, 6.07) is 18.9. The number of esters is 1. The molecule has 0 saturated carbocycles. The van der Waals surface area contributed by atoms with Crippen LogP contribution in [0.15, 0.2) is 73.3 Å². The molecule has 4 nitrogen and oxygen atoms in total. The minimum absolute atomic E-state index is 0.0710. The fourth-order valence-corrected chi connectivity index (χ4v) is 2.58. The van der Waals surface area contributed by atoms with Crippen LogP contribution in [0.1, 0.15) is 6.92 Å². The number of carbonyl (C=O) groups is 2. The van der Waals surface area contributed by atoms with Gasteiger partial charge in [-0.2, -0.15) is 4.48 Å². The molecule has 0 heterocycles. The quantitative estimate of drug-likeness (QED) is 0.465. The van der Waals surface area contributed by atoms with Gasteiger partial charge in [0.05, 0.1) is 0 Å². The van der Waals surface area contributed by atoms with Crippen LogP contribution in [0.5, 0.6) is 0 Å². The summed E-state index contributed by atoms with van der Waals surface area (Å²) < 4.78 is 4.89. The third-order valence-corrected chi connectivity index (χ3v) is 3.62. The van der Waals surface area contributed by atoms with Crippen molar-refractivity contribution in [1.29, 1.82) is 0 Å². The first kappa shape index (κ1) is 16.6. The molecule has 0 aliphatic carbocycles. The van der Waals surface area contributed by atoms with Crippen molar-refractivity contribution in [2.75, 3.05) is 13.2 Å². The van der Waals surface area contributed by atoms with E-state index in [0.717, 1.165) is 11.4 Å². The molecule has 0 aromatic heterocycles. The van der Waals surface area contributed by atoms with Crippen molar-refractivity contribution in [2.45, 2.75) is 6.92 Å². The van der Waals surface area contributed by atoms with Crippen LogP contribution in [0.3, 0.4) is 0 Å². The van der Waals surface area contributed by atoms with E-state index in [0.29, 0.717) is 6.54 Å². The minimum Gasteiger partial charge on any atom is -0.451 e. The Morgan fingerprint density at radius 3 is 1.87 bits per heavy atom. The van der Waals surface area contributed by atoms with Crippen molar-refractivity contribution in [3.63, 3.8) is 0 Å². The molecule has 1 amide bonds. The summed E-state index contributed by atoms with van der Waals surface area (Å²) in [6.07, 6.45) is 1.70. The molecule has 0 spiro atoms. The summed E-state index contributed by atoms with van der Waals surface area (Å²) in [7, 11) is 0. The highest BCUT2D eigenvalue weighted by Gasteiger charge is 2.41. The second-order valence-corrected chi connectivity index (χ2v) is 5.13. The summed E-state index contributed by atoms with van der Waals surface area (Å²) in [6.45, 7) is 5.18. The molecule has 4 heteroatoms. The summed E-state index contributed by atoms with van der Waals surface area (Å²) in [5, 5.41) is 0. The van der Waals surface area contributed by atoms with Gasteiger partial charge < -0.3 is 4.74 Å². The van der Waals surface area contributed by atoms with Gasteiger partial charge >= 0.3 is 11.9 Å². The molecule has 118 valence electrons. The zero-order valence-corrected chi connectivity index (χ0v) is 13.1. The first-order valence-electron chi connectivity index (χ1n) is 7.38. The fourth-order valence-electron chi connectivity index (χ4n) is 2.58. The van der Waals surface area contributed by atoms with Crippen LogP contribution >= 0.6 is 0 Å². The van der Waals surface area contributed by atoms with Crippen LogP contribution in [0.4, 0.5) is 11.4 Å². The van der Waals surface area contributed by atoms with Gasteiger partial charge in [-0.15, -0.1) is 0 Å². The lowest BCUT2D eigenvalue weighted by molar-refractivity contribution is -0.148. The molecule has 23 heavy (non-hydrogen) atoms. The summed E-state index contributed by atoms with van der Waals surface area (Å²) >= 11 is 0. The number of hydrogen-bond acceptors (Lipinski definition) is 3. The molecule has 0 fully saturated rings. The zero-order chi connectivity index (χ0) is 16.7. The van der Waals surface area contributed by atoms with Crippen molar-refractivity contribution >= 4 is 23.3 Å². The molecule has 0 N–H and O–H groups in total. The van der Waals surface area contributed by atoms with E-state index >= 15 is 0 Å². The van der Waals surface area contributed by atoms with E-state index in [4.69, 9.17) is 4.74 Å². The Morgan fingerprint density at radius 1 is 1.00 bits per heavy atom. The molecular weight excluding hydrogens is 290 g/mol. The zero-order valence-electron chi connectivity index (χ0n) is 13.1. The smallest absolute Gasteiger partial charge is 0.361 e. The number of carbonyl (C=O) groups excluding carboxylic acids is 2. The van der Waals surface area contributed by atoms with E-state index in [2.05, 4.69) is 6.58 Å². The molecule has 0 radical (unpaired) electrons. The lowest BCUT2D eigenvalue weighted by Gasteiger charge is -2.33. The number of hydrogen-bond donors (Lipinski definition) is 0. The molecule has 0 atom stereocenters. The molecule has 0 unspecified atom stereocenters. The van der Waals surface area contributed by atoms with Crippen molar-refractivity contribution in [2.24, 2.45) is 0 Å². The van der Waals surface area contributed by atoms with Gasteiger partial charge in [-0.3, -0.25) is 4.79 Å². The Bertz CT molecular complexity index is 641. The lowest BCUT2D eigenvalue weighted by atomic mass is 10.1. The monoisotopic (exact) mass is 310 g/mol. The van der Waals surface area contributed by atoms with E-state index in [9.17, 15) is 9.59 Å². The molecule has 0 saturated heterocycles. The van der Waals surface area contributed by atoms with Gasteiger partial charge in [0.1, 0.15) is 17.9 Å². The highest BCUT2D eigenvalue weighted by molar-refractivity contribution is 5.96. The highest BCUT2D eigenvalue weighted by atomic mass is 16.5. The van der Waals surface area contributed by atoms with Crippen LogP contribution in [-0.4, -0.2) is 25.0 Å². The molecule has 2 aromatic carbocycles. The van der Waals surface area contributed by atoms with Crippen LogP contribution in [-0.2, 0) is 14.3 Å². The maximum Gasteiger partial charge on any atom is 0.361 e. The molecule has 0 aliphatic rings. The van der Waals surface area contributed by atoms with Gasteiger partial charge in [0, 0.05) is 31.2 Å². The number of rotatable bonds is 6. The Hall–Kier alpha value is -2.72. The van der Waals surface area contributed by atoms with Crippen LogP contribution < -0.4 is 4.48 Å². The number of ether oxygens (including phenoxy) is 1. The van der Waals surface area contributed by atoms with Gasteiger partial charge in [-0.25, -0.2) is 4.79 Å². The Kier molecular flexibility index (Phi) is 5.44. The van der Waals surface area contributed by atoms with Gasteiger partial charge in [-0.05, 0) is 6.08 Å². The number of benzene rings is 2. The predicted molar refractivity (Wildman–Crippen MR) is 91.0 cm³/mol. The van der Waals surface area contributed by atoms with Crippen molar-refractivity contribution in [3.05, 3.63) is 73.3 Å². The number of amides is 1. The third-order valence-electron chi connectivity index (χ3n) is 3.62. The molecule has 0 bridgehead atoms. The van der Waals surface area contributed by atoms with Crippen molar-refractivity contribution < 1.29 is 14.3 Å². The van der Waals surface area contributed by atoms with E-state index < -0.39 is 5.97 Å². The predicted octanol–water partition coefficient (Wildman–Crippen LogP) is 3.60. The van der Waals surface area contributed by atoms with Crippen LogP contribution in [0.25, 0.3) is 0 Å². The third kappa shape index (κ3) is 3.55. The van der Waals surface area contributed by atoms with E-state index in [1.165, 1.54) is 6.92 Å². The minimum atomic E-state index is -0.476. The van der Waals surface area contributed by atoms with Crippen LogP contribution in [0, 0.1) is 0 Å². The van der Waals surface area contributed by atoms with E-state index in [1.807, 2.05) is 60.7 Å². The average Bonchev–Trinajstić information content (AvgIpc) is 2.59. The summed E-state index contributed by atoms with van der Waals surface area (Å²) in [5.41, 5.74) is 1.60. The second kappa shape index (κ2) is 7.51.